The van der Waals surface area contributed by atoms with Gasteiger partial charge in [-0.2, -0.15) is 5.10 Å². The van der Waals surface area contributed by atoms with Gasteiger partial charge in [-0.05, 0) is 12.1 Å². The molecule has 4 aromatic heterocycles. The lowest BCUT2D eigenvalue weighted by atomic mass is 10.2. The zero-order chi connectivity index (χ0) is 18.5. The first kappa shape index (κ1) is 15.9. The van der Waals surface area contributed by atoms with Crippen LogP contribution in [-0.4, -0.2) is 38.9 Å². The molecule has 0 aliphatic rings. The Morgan fingerprint density at radius 1 is 1.07 bits per heavy atom. The van der Waals surface area contributed by atoms with Crippen LogP contribution in [0.3, 0.4) is 0 Å². The number of fused-ring (bicyclic) bond motifs is 4. The molecular formula is C17H14N8OS. The third-order valence-corrected chi connectivity index (χ3v) is 5.53. The highest BCUT2D eigenvalue weighted by Crippen LogP contribution is 2.27. The summed E-state index contributed by atoms with van der Waals surface area (Å²) in [6.07, 6.45) is 3.30. The maximum atomic E-state index is 12.5. The third-order valence-electron chi connectivity index (χ3n) is 4.52. The van der Waals surface area contributed by atoms with Crippen LogP contribution < -0.4 is 5.56 Å². The Bertz CT molecular complexity index is 1380. The molecule has 9 nitrogen and oxygen atoms in total. The molecule has 0 saturated carbocycles. The second-order valence-corrected chi connectivity index (χ2v) is 7.07. The molecule has 10 heteroatoms. The van der Waals surface area contributed by atoms with E-state index in [-0.39, 0.29) is 5.56 Å². The van der Waals surface area contributed by atoms with E-state index >= 15 is 0 Å². The van der Waals surface area contributed by atoms with Crippen molar-refractivity contribution in [2.24, 2.45) is 14.1 Å². The minimum atomic E-state index is -0.0856. The van der Waals surface area contributed by atoms with E-state index in [1.54, 1.807) is 17.9 Å². The fourth-order valence-corrected chi connectivity index (χ4v) is 4.05. The van der Waals surface area contributed by atoms with Crippen LogP contribution in [0.2, 0.25) is 0 Å². The van der Waals surface area contributed by atoms with Crippen molar-refractivity contribution in [3.8, 4) is 0 Å². The van der Waals surface area contributed by atoms with Gasteiger partial charge in [0.25, 0.3) is 5.56 Å². The maximum Gasteiger partial charge on any atom is 0.262 e. The van der Waals surface area contributed by atoms with Gasteiger partial charge < -0.3 is 0 Å². The number of aryl methyl sites for hydroxylation is 2. The van der Waals surface area contributed by atoms with E-state index in [9.17, 15) is 4.79 Å². The van der Waals surface area contributed by atoms with Gasteiger partial charge in [0.2, 0.25) is 5.78 Å². The molecule has 4 heterocycles. The molecule has 1 aromatic carbocycles. The Kier molecular flexibility index (Phi) is 3.47. The van der Waals surface area contributed by atoms with Crippen LogP contribution in [0.15, 0.2) is 46.6 Å². The molecule has 0 fully saturated rings. The van der Waals surface area contributed by atoms with Gasteiger partial charge in [-0.1, -0.05) is 23.9 Å². The molecule has 0 radical (unpaired) electrons. The summed E-state index contributed by atoms with van der Waals surface area (Å²) < 4.78 is 5.16. The van der Waals surface area contributed by atoms with Crippen molar-refractivity contribution in [1.82, 2.24) is 38.9 Å². The van der Waals surface area contributed by atoms with Crippen LogP contribution in [-0.2, 0) is 19.8 Å². The Labute approximate surface area is 156 Å². The van der Waals surface area contributed by atoms with Crippen LogP contribution in [0, 0.1) is 0 Å². The van der Waals surface area contributed by atoms with Crippen LogP contribution in [0.25, 0.3) is 27.7 Å². The van der Waals surface area contributed by atoms with E-state index in [1.807, 2.05) is 35.7 Å². The average molecular weight is 378 g/mol. The minimum absolute atomic E-state index is 0.0856. The number of thioether (sulfide) groups is 1. The zero-order valence-electron chi connectivity index (χ0n) is 14.6. The van der Waals surface area contributed by atoms with Gasteiger partial charge in [0.15, 0.2) is 5.65 Å². The van der Waals surface area contributed by atoms with E-state index in [1.165, 1.54) is 22.7 Å². The van der Waals surface area contributed by atoms with E-state index in [0.717, 1.165) is 27.4 Å². The van der Waals surface area contributed by atoms with Crippen molar-refractivity contribution >= 4 is 39.5 Å². The largest absolute Gasteiger partial charge is 0.279 e. The summed E-state index contributed by atoms with van der Waals surface area (Å²) in [6, 6.07) is 7.49. The summed E-state index contributed by atoms with van der Waals surface area (Å²) in [5.41, 5.74) is 1.49. The Balaban J connectivity index is 1.63. The minimum Gasteiger partial charge on any atom is -0.279 e. The van der Waals surface area contributed by atoms with Gasteiger partial charge >= 0.3 is 0 Å². The Morgan fingerprint density at radius 2 is 1.93 bits per heavy atom. The van der Waals surface area contributed by atoms with Crippen molar-refractivity contribution in [3.63, 3.8) is 0 Å². The van der Waals surface area contributed by atoms with E-state index in [0.29, 0.717) is 16.9 Å². The normalized spacial score (nSPS) is 11.8. The first-order valence-corrected chi connectivity index (χ1v) is 9.21. The van der Waals surface area contributed by atoms with Gasteiger partial charge in [0, 0.05) is 14.1 Å². The highest BCUT2D eigenvalue weighted by molar-refractivity contribution is 7.98. The predicted molar refractivity (Wildman–Crippen MR) is 102 cm³/mol. The predicted octanol–water partition coefficient (Wildman–Crippen LogP) is 1.55. The van der Waals surface area contributed by atoms with Gasteiger partial charge in [0.05, 0.1) is 28.2 Å². The Hall–Kier alpha value is -3.27. The van der Waals surface area contributed by atoms with Crippen molar-refractivity contribution in [2.45, 2.75) is 10.8 Å². The lowest BCUT2D eigenvalue weighted by Crippen LogP contribution is -2.20. The second-order valence-electron chi connectivity index (χ2n) is 6.11. The van der Waals surface area contributed by atoms with Gasteiger partial charge in [-0.3, -0.25) is 18.4 Å². The summed E-state index contributed by atoms with van der Waals surface area (Å²) in [5, 5.41) is 15.1. The van der Waals surface area contributed by atoms with Crippen molar-refractivity contribution < 1.29 is 0 Å². The third kappa shape index (κ3) is 2.33. The molecule has 0 atom stereocenters. The van der Waals surface area contributed by atoms with Gasteiger partial charge in [-0.15, -0.1) is 10.2 Å². The van der Waals surface area contributed by atoms with Crippen LogP contribution >= 0.6 is 11.8 Å². The zero-order valence-corrected chi connectivity index (χ0v) is 15.4. The van der Waals surface area contributed by atoms with Crippen LogP contribution in [0.1, 0.15) is 5.82 Å². The SMILES string of the molecule is Cn1ncc2c(SCc3nnc4n(C)c(=O)c5ccccc5n34)ncnc21. The van der Waals surface area contributed by atoms with Crippen molar-refractivity contribution in [1.29, 1.82) is 0 Å². The fourth-order valence-electron chi connectivity index (χ4n) is 3.17. The molecule has 0 bridgehead atoms. The van der Waals surface area contributed by atoms with Crippen LogP contribution in [0.4, 0.5) is 0 Å². The molecular weight excluding hydrogens is 364 g/mol. The smallest absolute Gasteiger partial charge is 0.262 e. The van der Waals surface area contributed by atoms with Crippen molar-refractivity contribution in [3.05, 3.63) is 53.0 Å². The summed E-state index contributed by atoms with van der Waals surface area (Å²) in [6.45, 7) is 0. The lowest BCUT2D eigenvalue weighted by molar-refractivity contribution is 0.784. The molecule has 0 aliphatic heterocycles. The standard InChI is InChI=1S/C17H14N8OS/c1-23-16(26)10-5-3-4-6-12(10)25-13(21-22-17(23)25)8-27-15-11-7-20-24(2)14(11)18-9-19-15/h3-7,9H,8H2,1-2H3. The number of para-hydroxylation sites is 1. The number of nitrogens with zero attached hydrogens (tertiary/aromatic N) is 8. The fraction of sp³-hybridized carbons (Fsp3) is 0.176. The number of aromatic nitrogens is 8. The molecule has 5 rings (SSSR count). The molecule has 5 aromatic rings. The topological polar surface area (TPSA) is 95.8 Å². The molecule has 0 unspecified atom stereocenters. The summed E-state index contributed by atoms with van der Waals surface area (Å²) in [7, 11) is 3.56. The molecule has 0 spiro atoms. The summed E-state index contributed by atoms with van der Waals surface area (Å²) >= 11 is 1.54. The highest BCUT2D eigenvalue weighted by atomic mass is 32.2. The molecule has 0 amide bonds. The first-order chi connectivity index (χ1) is 13.1. The maximum absolute atomic E-state index is 12.5. The summed E-state index contributed by atoms with van der Waals surface area (Å²) in [5.74, 6) is 1.81. The second kappa shape index (κ2) is 5.88. The monoisotopic (exact) mass is 378 g/mol. The average Bonchev–Trinajstić information content (AvgIpc) is 3.29. The van der Waals surface area contributed by atoms with Gasteiger partial charge in [-0.25, -0.2) is 9.97 Å². The molecule has 134 valence electrons. The number of benzene rings is 1. The van der Waals surface area contributed by atoms with Crippen LogP contribution in [0.5, 0.6) is 0 Å². The quantitative estimate of drug-likeness (QED) is 0.347. The number of rotatable bonds is 3. The summed E-state index contributed by atoms with van der Waals surface area (Å²) in [4.78, 5) is 21.2. The van der Waals surface area contributed by atoms with E-state index in [2.05, 4.69) is 25.3 Å². The Morgan fingerprint density at radius 3 is 2.81 bits per heavy atom. The highest BCUT2D eigenvalue weighted by Gasteiger charge is 2.16. The lowest BCUT2D eigenvalue weighted by Gasteiger charge is -2.07. The molecule has 0 saturated heterocycles. The molecule has 0 N–H and O–H groups in total. The molecule has 0 aliphatic carbocycles. The van der Waals surface area contributed by atoms with E-state index in [4.69, 9.17) is 0 Å². The first-order valence-electron chi connectivity index (χ1n) is 8.22. The van der Waals surface area contributed by atoms with Gasteiger partial charge in [0.1, 0.15) is 17.2 Å². The molecule has 27 heavy (non-hydrogen) atoms. The van der Waals surface area contributed by atoms with E-state index < -0.39 is 0 Å². The number of hydrogen-bond acceptors (Lipinski definition) is 7. The number of hydrogen-bond donors (Lipinski definition) is 0. The van der Waals surface area contributed by atoms with Crippen molar-refractivity contribution in [2.75, 3.05) is 0 Å².